The van der Waals surface area contributed by atoms with Gasteiger partial charge in [0.1, 0.15) is 12.1 Å². The van der Waals surface area contributed by atoms with Crippen molar-refractivity contribution in [2.75, 3.05) is 27.7 Å². The van der Waals surface area contributed by atoms with E-state index in [0.29, 0.717) is 17.4 Å². The van der Waals surface area contributed by atoms with Crippen LogP contribution in [0, 0.1) is 0 Å². The van der Waals surface area contributed by atoms with Crippen LogP contribution in [0.15, 0.2) is 0 Å². The first-order valence-electron chi connectivity index (χ1n) is 4.41. The van der Waals surface area contributed by atoms with Gasteiger partial charge in [-0.05, 0) is 6.42 Å². The number of hydrogen-bond donors (Lipinski definition) is 1. The van der Waals surface area contributed by atoms with Gasteiger partial charge in [-0.3, -0.25) is 0 Å². The van der Waals surface area contributed by atoms with Crippen molar-refractivity contribution in [3.63, 3.8) is 0 Å². The Morgan fingerprint density at radius 3 is 2.15 bits per heavy atom. The highest BCUT2D eigenvalue weighted by atomic mass is 16.4. The number of quaternary nitrogens is 1. The molecule has 0 fully saturated rings. The third-order valence-electron chi connectivity index (χ3n) is 1.90. The average molecular weight is 189 g/mol. The summed E-state index contributed by atoms with van der Waals surface area (Å²) in [6.45, 7) is 2.19. The van der Waals surface area contributed by atoms with Gasteiger partial charge in [-0.2, -0.15) is 0 Å². The van der Waals surface area contributed by atoms with E-state index in [1.165, 1.54) is 0 Å². The van der Waals surface area contributed by atoms with Crippen molar-refractivity contribution in [2.24, 2.45) is 0 Å². The van der Waals surface area contributed by atoms with Crippen LogP contribution in [0.4, 0.5) is 0 Å². The summed E-state index contributed by atoms with van der Waals surface area (Å²) in [5.74, 6) is -1.20. The lowest BCUT2D eigenvalue weighted by Gasteiger charge is -2.35. The first-order chi connectivity index (χ1) is 5.68. The van der Waals surface area contributed by atoms with E-state index in [0.717, 1.165) is 0 Å². The molecule has 1 N–H and O–H groups in total. The topological polar surface area (TPSA) is 60.4 Å². The molecule has 0 aliphatic carbocycles. The molecule has 0 aliphatic heterocycles. The number of aliphatic hydroxyl groups is 1. The van der Waals surface area contributed by atoms with E-state index in [1.807, 2.05) is 21.1 Å². The molecule has 0 heterocycles. The van der Waals surface area contributed by atoms with Crippen LogP contribution < -0.4 is 5.11 Å². The van der Waals surface area contributed by atoms with Crippen molar-refractivity contribution < 1.29 is 19.5 Å². The molecule has 0 bridgehead atoms. The van der Waals surface area contributed by atoms with E-state index < -0.39 is 11.6 Å². The lowest BCUT2D eigenvalue weighted by Crippen LogP contribution is -2.51. The van der Waals surface area contributed by atoms with E-state index in [9.17, 15) is 15.0 Å². The smallest absolute Gasteiger partial charge is 0.118 e. The summed E-state index contributed by atoms with van der Waals surface area (Å²) < 4.78 is 0.539. The zero-order valence-electron chi connectivity index (χ0n) is 8.83. The third kappa shape index (κ3) is 5.60. The maximum Gasteiger partial charge on any atom is 0.118 e. The summed E-state index contributed by atoms with van der Waals surface area (Å²) in [6.07, 6.45) is 0.134. The van der Waals surface area contributed by atoms with Crippen LogP contribution >= 0.6 is 0 Å². The molecule has 0 aromatic rings. The van der Waals surface area contributed by atoms with Crippen LogP contribution in [0.25, 0.3) is 0 Å². The van der Waals surface area contributed by atoms with Gasteiger partial charge in [0.05, 0.1) is 21.1 Å². The molecule has 78 valence electrons. The highest BCUT2D eigenvalue weighted by Gasteiger charge is 2.31. The summed E-state index contributed by atoms with van der Waals surface area (Å²) in [4.78, 5) is 10.4. The van der Waals surface area contributed by atoms with Gasteiger partial charge in [0, 0.05) is 12.4 Å². The Morgan fingerprint density at radius 1 is 1.46 bits per heavy atom. The van der Waals surface area contributed by atoms with Gasteiger partial charge >= 0.3 is 0 Å². The number of carbonyl (C=O) groups is 1. The van der Waals surface area contributed by atoms with Gasteiger partial charge in [-0.1, -0.05) is 6.92 Å². The molecule has 4 nitrogen and oxygen atoms in total. The fourth-order valence-electron chi connectivity index (χ4n) is 1.44. The maximum absolute atomic E-state index is 10.4. The van der Waals surface area contributed by atoms with Crippen molar-refractivity contribution >= 4 is 5.97 Å². The second-order valence-corrected chi connectivity index (χ2v) is 4.58. The predicted molar refractivity (Wildman–Crippen MR) is 47.8 cm³/mol. The minimum absolute atomic E-state index is 0.293. The summed E-state index contributed by atoms with van der Waals surface area (Å²) in [7, 11) is 5.74. The summed E-state index contributed by atoms with van der Waals surface area (Å²) in [6, 6.07) is 0. The van der Waals surface area contributed by atoms with E-state index in [4.69, 9.17) is 0 Å². The second-order valence-electron chi connectivity index (χ2n) is 4.58. The lowest BCUT2D eigenvalue weighted by molar-refractivity contribution is -0.877. The van der Waals surface area contributed by atoms with Crippen molar-refractivity contribution in [3.05, 3.63) is 0 Å². The van der Waals surface area contributed by atoms with Crippen LogP contribution in [0.5, 0.6) is 0 Å². The molecule has 0 rings (SSSR count). The molecular formula is C9H19NO3. The van der Waals surface area contributed by atoms with Gasteiger partial charge in [0.2, 0.25) is 0 Å². The Bertz CT molecular complexity index is 186. The van der Waals surface area contributed by atoms with E-state index >= 15 is 0 Å². The van der Waals surface area contributed by atoms with Crippen LogP contribution in [0.2, 0.25) is 0 Å². The SMILES string of the molecule is CCC(O)(CC(=O)[O-])C[N+](C)(C)C. The summed E-state index contributed by atoms with van der Waals surface area (Å²) in [5.41, 5.74) is -1.14. The average Bonchev–Trinajstić information content (AvgIpc) is 1.81. The largest absolute Gasteiger partial charge is 0.550 e. The molecule has 0 amide bonds. The Morgan fingerprint density at radius 2 is 1.92 bits per heavy atom. The fourth-order valence-corrected chi connectivity index (χ4v) is 1.44. The van der Waals surface area contributed by atoms with Gasteiger partial charge in [-0.15, -0.1) is 0 Å². The van der Waals surface area contributed by atoms with Crippen molar-refractivity contribution in [3.8, 4) is 0 Å². The minimum Gasteiger partial charge on any atom is -0.550 e. The van der Waals surface area contributed by atoms with Crippen LogP contribution in [-0.2, 0) is 4.79 Å². The van der Waals surface area contributed by atoms with Crippen LogP contribution in [-0.4, -0.2) is 48.8 Å². The van der Waals surface area contributed by atoms with Gasteiger partial charge in [0.15, 0.2) is 0 Å². The summed E-state index contributed by atoms with van der Waals surface area (Å²) >= 11 is 0. The molecule has 13 heavy (non-hydrogen) atoms. The quantitative estimate of drug-likeness (QED) is 0.563. The number of rotatable bonds is 5. The molecule has 1 unspecified atom stereocenters. The molecule has 0 radical (unpaired) electrons. The Kier molecular flexibility index (Phi) is 3.88. The normalized spacial score (nSPS) is 16.7. The van der Waals surface area contributed by atoms with Crippen LogP contribution in [0.1, 0.15) is 19.8 Å². The van der Waals surface area contributed by atoms with Crippen molar-refractivity contribution in [1.82, 2.24) is 0 Å². The Balaban J connectivity index is 4.36. The standard InChI is InChI=1S/C9H19NO3/c1-5-9(13,6-8(11)12)7-10(2,3)4/h13H,5-7H2,1-4H3. The van der Waals surface area contributed by atoms with Gasteiger partial charge in [-0.25, -0.2) is 0 Å². The fraction of sp³-hybridized carbons (Fsp3) is 0.889. The first-order valence-corrected chi connectivity index (χ1v) is 4.41. The number of carboxylic acid groups (broad SMARTS) is 1. The molecule has 0 spiro atoms. The second kappa shape index (κ2) is 4.07. The Hall–Kier alpha value is -0.610. The lowest BCUT2D eigenvalue weighted by atomic mass is 9.95. The van der Waals surface area contributed by atoms with Crippen molar-refractivity contribution in [2.45, 2.75) is 25.4 Å². The molecule has 4 heteroatoms. The zero-order chi connectivity index (χ0) is 10.7. The maximum atomic E-state index is 10.4. The highest BCUT2D eigenvalue weighted by Crippen LogP contribution is 2.17. The number of carbonyl (C=O) groups excluding carboxylic acids is 1. The number of aliphatic carboxylic acids is 1. The van der Waals surface area contributed by atoms with Gasteiger partial charge < -0.3 is 19.5 Å². The summed E-state index contributed by atoms with van der Waals surface area (Å²) in [5, 5.41) is 20.3. The van der Waals surface area contributed by atoms with E-state index in [2.05, 4.69) is 0 Å². The molecular weight excluding hydrogens is 170 g/mol. The number of carboxylic acids is 1. The molecule has 0 aromatic heterocycles. The van der Waals surface area contributed by atoms with E-state index in [-0.39, 0.29) is 6.42 Å². The van der Waals surface area contributed by atoms with Crippen molar-refractivity contribution in [1.29, 1.82) is 0 Å². The third-order valence-corrected chi connectivity index (χ3v) is 1.90. The number of hydrogen-bond acceptors (Lipinski definition) is 3. The number of nitrogens with zero attached hydrogens (tertiary/aromatic N) is 1. The number of likely N-dealkylation sites (N-methyl/N-ethyl adjacent to an activating group) is 1. The van der Waals surface area contributed by atoms with Crippen LogP contribution in [0.3, 0.4) is 0 Å². The monoisotopic (exact) mass is 189 g/mol. The molecule has 0 aromatic carbocycles. The Labute approximate surface area is 79.4 Å². The minimum atomic E-state index is -1.20. The highest BCUT2D eigenvalue weighted by molar-refractivity contribution is 5.65. The zero-order valence-corrected chi connectivity index (χ0v) is 8.83. The molecule has 0 saturated carbocycles. The predicted octanol–water partition coefficient (Wildman–Crippen LogP) is -1.03. The first kappa shape index (κ1) is 12.4. The molecule has 1 atom stereocenters. The molecule has 0 saturated heterocycles. The van der Waals surface area contributed by atoms with E-state index in [1.54, 1.807) is 6.92 Å². The molecule has 0 aliphatic rings. The van der Waals surface area contributed by atoms with Gasteiger partial charge in [0.25, 0.3) is 0 Å².